The number of hydrogen-bond acceptors (Lipinski definition) is 4. The second kappa shape index (κ2) is 3.47. The minimum absolute atomic E-state index is 0.337. The molecule has 86 valence electrons. The molecule has 2 aliphatic rings. The van der Waals surface area contributed by atoms with Crippen LogP contribution >= 0.6 is 0 Å². The maximum atomic E-state index is 5.60. The molecule has 0 saturated carbocycles. The van der Waals surface area contributed by atoms with Gasteiger partial charge >= 0.3 is 0 Å². The quantitative estimate of drug-likeness (QED) is 0.785. The summed E-state index contributed by atoms with van der Waals surface area (Å²) < 4.78 is 11.2. The molecule has 1 N–H and O–H groups in total. The van der Waals surface area contributed by atoms with Gasteiger partial charge in [0, 0.05) is 18.7 Å². The second-order valence-electron chi connectivity index (χ2n) is 4.12. The van der Waals surface area contributed by atoms with Crippen molar-refractivity contribution in [2.24, 2.45) is 0 Å². The van der Waals surface area contributed by atoms with Gasteiger partial charge in [-0.2, -0.15) is 0 Å². The summed E-state index contributed by atoms with van der Waals surface area (Å²) in [5.74, 6) is 1.71. The molecule has 0 amide bonds. The molecular formula is C12H16N2O2. The predicted molar refractivity (Wildman–Crippen MR) is 63.5 cm³/mol. The Morgan fingerprint density at radius 2 is 2.00 bits per heavy atom. The standard InChI is InChI=1S/C12H16N2O2/c1-3-14-8(2)13-9-6-11-12(7-10(9)14)16-5-4-15-11/h6-8,13H,3-5H2,1-2H3. The summed E-state index contributed by atoms with van der Waals surface area (Å²) in [7, 11) is 0. The lowest BCUT2D eigenvalue weighted by molar-refractivity contribution is 0.172. The van der Waals surface area contributed by atoms with Crippen LogP contribution in [0.15, 0.2) is 12.1 Å². The van der Waals surface area contributed by atoms with E-state index < -0.39 is 0 Å². The summed E-state index contributed by atoms with van der Waals surface area (Å²) in [5.41, 5.74) is 2.35. The third-order valence-corrected chi connectivity index (χ3v) is 3.14. The third-order valence-electron chi connectivity index (χ3n) is 3.14. The largest absolute Gasteiger partial charge is 0.486 e. The van der Waals surface area contributed by atoms with Gasteiger partial charge < -0.3 is 19.7 Å². The van der Waals surface area contributed by atoms with Gasteiger partial charge in [0.25, 0.3) is 0 Å². The molecule has 2 aliphatic heterocycles. The molecule has 0 aromatic heterocycles. The molecule has 0 spiro atoms. The first kappa shape index (κ1) is 9.63. The lowest BCUT2D eigenvalue weighted by atomic mass is 10.2. The average molecular weight is 220 g/mol. The number of ether oxygens (including phenoxy) is 2. The van der Waals surface area contributed by atoms with Crippen molar-refractivity contribution in [3.63, 3.8) is 0 Å². The zero-order valence-corrected chi connectivity index (χ0v) is 9.62. The molecule has 1 aromatic carbocycles. The van der Waals surface area contributed by atoms with Gasteiger partial charge in [-0.1, -0.05) is 0 Å². The first-order valence-electron chi connectivity index (χ1n) is 5.76. The maximum absolute atomic E-state index is 5.60. The summed E-state index contributed by atoms with van der Waals surface area (Å²) in [6.45, 7) is 6.58. The van der Waals surface area contributed by atoms with Crippen LogP contribution in [0.5, 0.6) is 11.5 Å². The van der Waals surface area contributed by atoms with Gasteiger partial charge in [0.15, 0.2) is 11.5 Å². The predicted octanol–water partition coefficient (Wildman–Crippen LogP) is 2.06. The second-order valence-corrected chi connectivity index (χ2v) is 4.12. The monoisotopic (exact) mass is 220 g/mol. The van der Waals surface area contributed by atoms with Crippen molar-refractivity contribution in [2.75, 3.05) is 30.0 Å². The minimum atomic E-state index is 0.337. The van der Waals surface area contributed by atoms with Crippen molar-refractivity contribution < 1.29 is 9.47 Å². The van der Waals surface area contributed by atoms with E-state index in [-0.39, 0.29) is 0 Å². The SMILES string of the molecule is CCN1c2cc3c(cc2NC1C)OCCO3. The van der Waals surface area contributed by atoms with E-state index in [0.29, 0.717) is 19.4 Å². The number of anilines is 2. The van der Waals surface area contributed by atoms with Crippen molar-refractivity contribution in [1.29, 1.82) is 0 Å². The highest BCUT2D eigenvalue weighted by atomic mass is 16.6. The summed E-state index contributed by atoms with van der Waals surface area (Å²) in [6, 6.07) is 4.11. The molecule has 0 aliphatic carbocycles. The van der Waals surface area contributed by atoms with Crippen LogP contribution in [-0.4, -0.2) is 25.9 Å². The third kappa shape index (κ3) is 1.29. The fourth-order valence-electron chi connectivity index (χ4n) is 2.39. The maximum Gasteiger partial charge on any atom is 0.163 e. The molecule has 1 atom stereocenters. The van der Waals surface area contributed by atoms with Gasteiger partial charge in [0.05, 0.1) is 17.5 Å². The summed E-state index contributed by atoms with van der Waals surface area (Å²) in [5, 5.41) is 3.44. The van der Waals surface area contributed by atoms with Crippen LogP contribution in [0.25, 0.3) is 0 Å². The van der Waals surface area contributed by atoms with E-state index in [1.807, 2.05) is 6.07 Å². The van der Waals surface area contributed by atoms with E-state index in [1.165, 1.54) is 5.69 Å². The molecule has 4 nitrogen and oxygen atoms in total. The Morgan fingerprint density at radius 3 is 2.69 bits per heavy atom. The fraction of sp³-hybridized carbons (Fsp3) is 0.500. The number of rotatable bonds is 1. The van der Waals surface area contributed by atoms with E-state index in [9.17, 15) is 0 Å². The average Bonchev–Trinajstić information content (AvgIpc) is 2.60. The highest BCUT2D eigenvalue weighted by molar-refractivity contribution is 5.80. The Balaban J connectivity index is 2.06. The molecule has 1 aromatic rings. The van der Waals surface area contributed by atoms with Crippen molar-refractivity contribution in [1.82, 2.24) is 0 Å². The van der Waals surface area contributed by atoms with Crippen LogP contribution in [0.4, 0.5) is 11.4 Å². The Kier molecular flexibility index (Phi) is 2.09. The van der Waals surface area contributed by atoms with Gasteiger partial charge in [-0.05, 0) is 13.8 Å². The number of benzene rings is 1. The van der Waals surface area contributed by atoms with Crippen LogP contribution < -0.4 is 19.7 Å². The lowest BCUT2D eigenvalue weighted by Gasteiger charge is -2.23. The summed E-state index contributed by atoms with van der Waals surface area (Å²) in [6.07, 6.45) is 0.337. The van der Waals surface area contributed by atoms with Crippen LogP contribution in [0.1, 0.15) is 13.8 Å². The van der Waals surface area contributed by atoms with Gasteiger partial charge in [-0.15, -0.1) is 0 Å². The van der Waals surface area contributed by atoms with Crippen LogP contribution in [0, 0.1) is 0 Å². The molecule has 2 heterocycles. The highest BCUT2D eigenvalue weighted by Gasteiger charge is 2.27. The molecule has 1 unspecified atom stereocenters. The normalized spacial score (nSPS) is 21.6. The van der Waals surface area contributed by atoms with Gasteiger partial charge in [0.2, 0.25) is 0 Å². The number of hydrogen-bond donors (Lipinski definition) is 1. The van der Waals surface area contributed by atoms with Crippen molar-refractivity contribution in [3.8, 4) is 11.5 Å². The smallest absolute Gasteiger partial charge is 0.163 e. The van der Waals surface area contributed by atoms with Gasteiger partial charge in [-0.25, -0.2) is 0 Å². The number of nitrogens with zero attached hydrogens (tertiary/aromatic N) is 1. The van der Waals surface area contributed by atoms with E-state index in [2.05, 4.69) is 30.1 Å². The molecule has 16 heavy (non-hydrogen) atoms. The van der Waals surface area contributed by atoms with E-state index in [1.54, 1.807) is 0 Å². The lowest BCUT2D eigenvalue weighted by Crippen LogP contribution is -2.32. The van der Waals surface area contributed by atoms with Crippen LogP contribution in [0.3, 0.4) is 0 Å². The van der Waals surface area contributed by atoms with Crippen LogP contribution in [0.2, 0.25) is 0 Å². The van der Waals surface area contributed by atoms with E-state index in [4.69, 9.17) is 9.47 Å². The van der Waals surface area contributed by atoms with E-state index >= 15 is 0 Å². The first-order valence-corrected chi connectivity index (χ1v) is 5.76. The molecule has 0 fully saturated rings. The first-order chi connectivity index (χ1) is 7.79. The number of nitrogens with one attached hydrogen (secondary N) is 1. The summed E-state index contributed by atoms with van der Waals surface area (Å²) >= 11 is 0. The zero-order chi connectivity index (χ0) is 11.1. The van der Waals surface area contributed by atoms with Crippen molar-refractivity contribution in [2.45, 2.75) is 20.0 Å². The fourth-order valence-corrected chi connectivity index (χ4v) is 2.39. The Labute approximate surface area is 95.1 Å². The van der Waals surface area contributed by atoms with Gasteiger partial charge in [0.1, 0.15) is 13.2 Å². The molecular weight excluding hydrogens is 204 g/mol. The molecule has 0 radical (unpaired) electrons. The highest BCUT2D eigenvalue weighted by Crippen LogP contribution is 2.43. The zero-order valence-electron chi connectivity index (χ0n) is 9.62. The van der Waals surface area contributed by atoms with Gasteiger partial charge in [-0.3, -0.25) is 0 Å². The Bertz CT molecular complexity index is 420. The molecule has 0 bridgehead atoms. The minimum Gasteiger partial charge on any atom is -0.486 e. The van der Waals surface area contributed by atoms with E-state index in [0.717, 1.165) is 23.7 Å². The summed E-state index contributed by atoms with van der Waals surface area (Å²) in [4.78, 5) is 2.31. The topological polar surface area (TPSA) is 33.7 Å². The Morgan fingerprint density at radius 1 is 1.31 bits per heavy atom. The molecule has 0 saturated heterocycles. The molecule has 4 heteroatoms. The van der Waals surface area contributed by atoms with Crippen molar-refractivity contribution >= 4 is 11.4 Å². The van der Waals surface area contributed by atoms with Crippen molar-refractivity contribution in [3.05, 3.63) is 12.1 Å². The van der Waals surface area contributed by atoms with Crippen LogP contribution in [-0.2, 0) is 0 Å². The molecule has 3 rings (SSSR count). The number of fused-ring (bicyclic) bond motifs is 2. The Hall–Kier alpha value is -1.58.